The van der Waals surface area contributed by atoms with E-state index in [9.17, 15) is 27.6 Å². The standard InChI is InChI=1S/C22H25F3N2O5/c1-3-32-21(30)20-14(2)27(13-19(29)26-8-10-31-11-9-26)18(28)12-17(20)15-4-6-16(7-5-15)22(23,24)25/h4-7,17H,3,8-13H2,1-2H3. The molecule has 0 bridgehead atoms. The van der Waals surface area contributed by atoms with Gasteiger partial charge in [0.05, 0.1) is 31.0 Å². The zero-order chi connectivity index (χ0) is 23.5. The molecule has 2 aliphatic rings. The fraction of sp³-hybridized carbons (Fsp3) is 0.500. The number of ether oxygens (including phenoxy) is 2. The van der Waals surface area contributed by atoms with Crippen LogP contribution in [0.4, 0.5) is 13.2 Å². The van der Waals surface area contributed by atoms with E-state index in [0.29, 0.717) is 31.9 Å². The third kappa shape index (κ3) is 5.12. The summed E-state index contributed by atoms with van der Waals surface area (Å²) in [6, 6.07) is 4.38. The first kappa shape index (κ1) is 23.8. The van der Waals surface area contributed by atoms with Gasteiger partial charge in [-0.1, -0.05) is 12.1 Å². The summed E-state index contributed by atoms with van der Waals surface area (Å²) in [6.45, 7) is 4.72. The molecule has 0 N–H and O–H groups in total. The number of benzene rings is 1. The molecule has 1 fully saturated rings. The molecule has 1 aromatic carbocycles. The van der Waals surface area contributed by atoms with E-state index < -0.39 is 23.6 Å². The van der Waals surface area contributed by atoms with Crippen LogP contribution in [0.5, 0.6) is 0 Å². The number of alkyl halides is 3. The number of morpholine rings is 1. The Labute approximate surface area is 183 Å². The first-order valence-corrected chi connectivity index (χ1v) is 10.3. The van der Waals surface area contributed by atoms with Crippen molar-refractivity contribution in [2.75, 3.05) is 39.5 Å². The number of rotatable bonds is 5. The fourth-order valence-electron chi connectivity index (χ4n) is 3.91. The molecule has 174 valence electrons. The quantitative estimate of drug-likeness (QED) is 0.640. The normalized spacial score (nSPS) is 19.9. The molecule has 0 radical (unpaired) electrons. The topological polar surface area (TPSA) is 76.2 Å². The summed E-state index contributed by atoms with van der Waals surface area (Å²) in [6.07, 6.45) is -4.65. The van der Waals surface area contributed by atoms with Crippen molar-refractivity contribution in [3.63, 3.8) is 0 Å². The lowest BCUT2D eigenvalue weighted by molar-refractivity contribution is -0.144. The molecule has 0 aliphatic carbocycles. The van der Waals surface area contributed by atoms with Crippen LogP contribution in [0.15, 0.2) is 35.5 Å². The summed E-state index contributed by atoms with van der Waals surface area (Å²) >= 11 is 0. The van der Waals surface area contributed by atoms with Crippen LogP contribution in [0.2, 0.25) is 0 Å². The highest BCUT2D eigenvalue weighted by molar-refractivity contribution is 5.97. The fourth-order valence-corrected chi connectivity index (χ4v) is 3.91. The summed E-state index contributed by atoms with van der Waals surface area (Å²) in [5.74, 6) is -2.08. The second-order valence-corrected chi connectivity index (χ2v) is 7.57. The Hall–Kier alpha value is -2.88. The van der Waals surface area contributed by atoms with Gasteiger partial charge in [0.2, 0.25) is 11.8 Å². The number of hydrogen-bond acceptors (Lipinski definition) is 5. The maximum atomic E-state index is 12.9. The van der Waals surface area contributed by atoms with Gasteiger partial charge >= 0.3 is 12.1 Å². The Morgan fingerprint density at radius 3 is 2.34 bits per heavy atom. The Morgan fingerprint density at radius 1 is 1.16 bits per heavy atom. The lowest BCUT2D eigenvalue weighted by Crippen LogP contribution is -2.48. The molecule has 1 atom stereocenters. The van der Waals surface area contributed by atoms with Gasteiger partial charge < -0.3 is 19.3 Å². The van der Waals surface area contributed by atoms with Gasteiger partial charge in [-0.3, -0.25) is 9.59 Å². The maximum absolute atomic E-state index is 12.9. The molecule has 7 nitrogen and oxygen atoms in total. The minimum Gasteiger partial charge on any atom is -0.463 e. The Morgan fingerprint density at radius 2 is 1.78 bits per heavy atom. The van der Waals surface area contributed by atoms with Gasteiger partial charge in [-0.05, 0) is 31.5 Å². The minimum atomic E-state index is -4.49. The van der Waals surface area contributed by atoms with E-state index in [2.05, 4.69) is 0 Å². The molecule has 2 aliphatic heterocycles. The average Bonchev–Trinajstić information content (AvgIpc) is 2.76. The zero-order valence-corrected chi connectivity index (χ0v) is 17.9. The number of carbonyl (C=O) groups is 3. The van der Waals surface area contributed by atoms with Crippen LogP contribution in [0.3, 0.4) is 0 Å². The van der Waals surface area contributed by atoms with Crippen LogP contribution < -0.4 is 0 Å². The lowest BCUT2D eigenvalue weighted by Gasteiger charge is -2.36. The highest BCUT2D eigenvalue weighted by atomic mass is 19.4. The summed E-state index contributed by atoms with van der Waals surface area (Å²) in [4.78, 5) is 41.2. The van der Waals surface area contributed by atoms with Gasteiger partial charge in [0.1, 0.15) is 6.54 Å². The molecule has 1 aromatic rings. The molecule has 3 rings (SSSR count). The van der Waals surface area contributed by atoms with Gasteiger partial charge in [-0.25, -0.2) is 4.79 Å². The molecule has 1 saturated heterocycles. The highest BCUT2D eigenvalue weighted by Gasteiger charge is 2.38. The van der Waals surface area contributed by atoms with Crippen molar-refractivity contribution < 1.29 is 37.0 Å². The van der Waals surface area contributed by atoms with E-state index in [1.54, 1.807) is 18.7 Å². The van der Waals surface area contributed by atoms with Crippen LogP contribution in [-0.4, -0.2) is 67.0 Å². The van der Waals surface area contributed by atoms with Crippen molar-refractivity contribution >= 4 is 17.8 Å². The average molecular weight is 454 g/mol. The molecule has 32 heavy (non-hydrogen) atoms. The summed E-state index contributed by atoms with van der Waals surface area (Å²) in [5, 5.41) is 0. The molecule has 2 heterocycles. The smallest absolute Gasteiger partial charge is 0.416 e. The Kier molecular flexibility index (Phi) is 7.22. The van der Waals surface area contributed by atoms with E-state index >= 15 is 0 Å². The summed E-state index contributed by atoms with van der Waals surface area (Å²) < 4.78 is 49.2. The predicted octanol–water partition coefficient (Wildman–Crippen LogP) is 2.72. The largest absolute Gasteiger partial charge is 0.463 e. The van der Waals surface area contributed by atoms with E-state index in [-0.39, 0.29) is 42.7 Å². The minimum absolute atomic E-state index is 0.0933. The van der Waals surface area contributed by atoms with Gasteiger partial charge in [0.25, 0.3) is 0 Å². The molecular formula is C22H25F3N2O5. The first-order chi connectivity index (χ1) is 15.1. The van der Waals surface area contributed by atoms with E-state index in [4.69, 9.17) is 9.47 Å². The number of halogens is 3. The molecular weight excluding hydrogens is 429 g/mol. The predicted molar refractivity (Wildman–Crippen MR) is 107 cm³/mol. The van der Waals surface area contributed by atoms with Crippen molar-refractivity contribution in [3.05, 3.63) is 46.7 Å². The number of esters is 1. The summed E-state index contributed by atoms with van der Waals surface area (Å²) in [7, 11) is 0. The molecule has 0 saturated carbocycles. The van der Waals surface area contributed by atoms with E-state index in [1.165, 1.54) is 17.0 Å². The number of amides is 2. The van der Waals surface area contributed by atoms with Crippen LogP contribution in [0, 0.1) is 0 Å². The van der Waals surface area contributed by atoms with Crippen LogP contribution in [0.25, 0.3) is 0 Å². The van der Waals surface area contributed by atoms with Crippen LogP contribution >= 0.6 is 0 Å². The Bertz CT molecular complexity index is 905. The van der Waals surface area contributed by atoms with Crippen molar-refractivity contribution in [2.24, 2.45) is 0 Å². The number of nitrogens with zero attached hydrogens (tertiary/aromatic N) is 2. The monoisotopic (exact) mass is 454 g/mol. The zero-order valence-electron chi connectivity index (χ0n) is 17.9. The third-order valence-electron chi connectivity index (χ3n) is 5.62. The van der Waals surface area contributed by atoms with Gasteiger partial charge in [-0.15, -0.1) is 0 Å². The third-order valence-corrected chi connectivity index (χ3v) is 5.62. The second kappa shape index (κ2) is 9.72. The van der Waals surface area contributed by atoms with Crippen LogP contribution in [0.1, 0.15) is 37.3 Å². The number of hydrogen-bond donors (Lipinski definition) is 0. The molecule has 2 amide bonds. The van der Waals surface area contributed by atoms with Gasteiger partial charge in [0.15, 0.2) is 0 Å². The summed E-state index contributed by atoms with van der Waals surface area (Å²) in [5.41, 5.74) is 0.0135. The van der Waals surface area contributed by atoms with E-state index in [0.717, 1.165) is 12.1 Å². The van der Waals surface area contributed by atoms with Gasteiger partial charge in [0, 0.05) is 31.1 Å². The molecule has 1 unspecified atom stereocenters. The van der Waals surface area contributed by atoms with Gasteiger partial charge in [-0.2, -0.15) is 13.2 Å². The molecule has 0 spiro atoms. The lowest BCUT2D eigenvalue weighted by atomic mass is 9.83. The van der Waals surface area contributed by atoms with Crippen molar-refractivity contribution in [3.8, 4) is 0 Å². The van der Waals surface area contributed by atoms with Crippen molar-refractivity contribution in [1.82, 2.24) is 9.80 Å². The second-order valence-electron chi connectivity index (χ2n) is 7.57. The Balaban J connectivity index is 1.92. The van der Waals surface area contributed by atoms with Crippen molar-refractivity contribution in [2.45, 2.75) is 32.4 Å². The number of allylic oxidation sites excluding steroid dienone is 1. The highest BCUT2D eigenvalue weighted by Crippen LogP contribution is 2.38. The number of carbonyl (C=O) groups excluding carboxylic acids is 3. The van der Waals surface area contributed by atoms with Crippen LogP contribution in [-0.2, 0) is 30.0 Å². The maximum Gasteiger partial charge on any atom is 0.416 e. The molecule has 10 heteroatoms. The first-order valence-electron chi connectivity index (χ1n) is 10.3. The molecule has 0 aromatic heterocycles. The van der Waals surface area contributed by atoms with E-state index in [1.807, 2.05) is 0 Å². The van der Waals surface area contributed by atoms with Crippen molar-refractivity contribution in [1.29, 1.82) is 0 Å². The SMILES string of the molecule is CCOC(=O)C1=C(C)N(CC(=O)N2CCOCC2)C(=O)CC1c1ccc(C(F)(F)F)cc1.